The molecule has 0 saturated heterocycles. The first-order valence-electron chi connectivity index (χ1n) is 8.20. The van der Waals surface area contributed by atoms with E-state index in [9.17, 15) is 4.79 Å². The fraction of sp³-hybridized carbons (Fsp3) is 0.350. The van der Waals surface area contributed by atoms with E-state index in [-0.39, 0.29) is 11.9 Å². The van der Waals surface area contributed by atoms with Crippen LogP contribution >= 0.6 is 0 Å². The van der Waals surface area contributed by atoms with Gasteiger partial charge in [-0.25, -0.2) is 0 Å². The number of hydrogen-bond donors (Lipinski definition) is 0. The second-order valence-electron chi connectivity index (χ2n) is 6.45. The number of ether oxygens (including phenoxy) is 1. The normalized spacial score (nSPS) is 26.1. The molecule has 2 aliphatic carbocycles. The van der Waals surface area contributed by atoms with Crippen LogP contribution < -0.4 is 4.74 Å². The van der Waals surface area contributed by atoms with Gasteiger partial charge in [0.1, 0.15) is 5.75 Å². The Labute approximate surface area is 131 Å². The minimum Gasteiger partial charge on any atom is -0.426 e. The molecule has 2 aromatic rings. The molecule has 2 atom stereocenters. The van der Waals surface area contributed by atoms with E-state index in [1.807, 2.05) is 42.5 Å². The Hall–Kier alpha value is -2.09. The van der Waals surface area contributed by atoms with Gasteiger partial charge in [-0.05, 0) is 47.9 Å². The van der Waals surface area contributed by atoms with Gasteiger partial charge in [-0.1, -0.05) is 55.3 Å². The number of rotatable bonds is 3. The van der Waals surface area contributed by atoms with E-state index in [2.05, 4.69) is 12.1 Å². The van der Waals surface area contributed by atoms with Crippen LogP contribution in [0.5, 0.6) is 5.75 Å². The Bertz CT molecular complexity index is 648. The zero-order valence-corrected chi connectivity index (χ0v) is 12.6. The van der Waals surface area contributed by atoms with Gasteiger partial charge in [0.05, 0.1) is 5.92 Å². The molecule has 0 bridgehead atoms. The van der Waals surface area contributed by atoms with Gasteiger partial charge >= 0.3 is 5.97 Å². The number of carbonyl (C=O) groups is 1. The second kappa shape index (κ2) is 5.60. The SMILES string of the molecule is O=C(Oc1ccc(-c2ccccc2)cc1)C1[C@@H]2CCCC[C@@H]12. The fourth-order valence-corrected chi connectivity index (χ4v) is 3.87. The molecular weight excluding hydrogens is 272 g/mol. The number of fused-ring (bicyclic) bond motifs is 1. The second-order valence-corrected chi connectivity index (χ2v) is 6.45. The van der Waals surface area contributed by atoms with Gasteiger partial charge in [0.15, 0.2) is 0 Å². The zero-order chi connectivity index (χ0) is 14.9. The molecule has 0 amide bonds. The minimum absolute atomic E-state index is 0.0237. The van der Waals surface area contributed by atoms with Gasteiger partial charge in [0.2, 0.25) is 0 Å². The molecule has 2 nitrogen and oxygen atoms in total. The van der Waals surface area contributed by atoms with Crippen molar-refractivity contribution in [3.8, 4) is 16.9 Å². The average Bonchev–Trinajstić information content (AvgIpc) is 3.31. The quantitative estimate of drug-likeness (QED) is 0.605. The van der Waals surface area contributed by atoms with Gasteiger partial charge in [-0.2, -0.15) is 0 Å². The summed E-state index contributed by atoms with van der Waals surface area (Å²) >= 11 is 0. The highest BCUT2D eigenvalue weighted by Gasteiger charge is 2.55. The number of benzene rings is 2. The van der Waals surface area contributed by atoms with Gasteiger partial charge in [0.25, 0.3) is 0 Å². The third-order valence-corrected chi connectivity index (χ3v) is 5.11. The molecule has 2 saturated carbocycles. The summed E-state index contributed by atoms with van der Waals surface area (Å²) in [5, 5.41) is 0. The molecule has 22 heavy (non-hydrogen) atoms. The lowest BCUT2D eigenvalue weighted by Crippen LogP contribution is -2.12. The Morgan fingerprint density at radius 1 is 0.818 bits per heavy atom. The minimum atomic E-state index is -0.0237. The molecule has 0 aromatic heterocycles. The fourth-order valence-electron chi connectivity index (χ4n) is 3.87. The molecule has 2 aliphatic rings. The number of esters is 1. The highest BCUT2D eigenvalue weighted by molar-refractivity contribution is 5.79. The maximum Gasteiger partial charge on any atom is 0.314 e. The van der Waals surface area contributed by atoms with Gasteiger partial charge in [-0.3, -0.25) is 4.79 Å². The molecule has 2 fully saturated rings. The lowest BCUT2D eigenvalue weighted by Gasteiger charge is -2.06. The summed E-state index contributed by atoms with van der Waals surface area (Å²) in [6, 6.07) is 18.0. The molecular formula is C20H20O2. The summed E-state index contributed by atoms with van der Waals surface area (Å²) in [6.45, 7) is 0. The molecule has 4 rings (SSSR count). The van der Waals surface area contributed by atoms with E-state index in [0.717, 1.165) is 5.56 Å². The van der Waals surface area contributed by atoms with Gasteiger partial charge in [-0.15, -0.1) is 0 Å². The summed E-state index contributed by atoms with van der Waals surface area (Å²) in [6.07, 6.45) is 4.96. The lowest BCUT2D eigenvalue weighted by molar-refractivity contribution is -0.136. The zero-order valence-electron chi connectivity index (χ0n) is 12.6. The van der Waals surface area contributed by atoms with Crippen LogP contribution in [0.25, 0.3) is 11.1 Å². The van der Waals surface area contributed by atoms with Crippen molar-refractivity contribution in [1.29, 1.82) is 0 Å². The molecule has 0 radical (unpaired) electrons. The summed E-state index contributed by atoms with van der Waals surface area (Å²) in [5.74, 6) is 2.00. The van der Waals surface area contributed by atoms with Crippen molar-refractivity contribution < 1.29 is 9.53 Å². The standard InChI is InChI=1S/C20H20O2/c21-20(19-17-8-4-5-9-18(17)19)22-16-12-10-15(11-13-16)14-6-2-1-3-7-14/h1-3,6-7,10-13,17-19H,4-5,8-9H2/t17-,18-/m1/s1. The van der Waals surface area contributed by atoms with Crippen molar-refractivity contribution in [2.24, 2.45) is 17.8 Å². The van der Waals surface area contributed by atoms with Crippen LogP contribution in [-0.2, 0) is 4.79 Å². The molecule has 0 N–H and O–H groups in total. The van der Waals surface area contributed by atoms with E-state index >= 15 is 0 Å². The molecule has 0 heterocycles. The van der Waals surface area contributed by atoms with E-state index in [4.69, 9.17) is 4.74 Å². The smallest absolute Gasteiger partial charge is 0.314 e. The van der Waals surface area contributed by atoms with Crippen LogP contribution in [0.4, 0.5) is 0 Å². The molecule has 0 aliphatic heterocycles. The highest BCUT2D eigenvalue weighted by Crippen LogP contribution is 2.55. The molecule has 0 unspecified atom stereocenters. The van der Waals surface area contributed by atoms with E-state index < -0.39 is 0 Å². The number of carbonyl (C=O) groups excluding carboxylic acids is 1. The summed E-state index contributed by atoms with van der Waals surface area (Å²) in [7, 11) is 0. The topological polar surface area (TPSA) is 26.3 Å². The average molecular weight is 292 g/mol. The molecule has 2 heteroatoms. The van der Waals surface area contributed by atoms with Crippen LogP contribution in [-0.4, -0.2) is 5.97 Å². The van der Waals surface area contributed by atoms with Crippen molar-refractivity contribution in [2.75, 3.05) is 0 Å². The number of hydrogen-bond acceptors (Lipinski definition) is 2. The van der Waals surface area contributed by atoms with Crippen molar-refractivity contribution in [3.63, 3.8) is 0 Å². The van der Waals surface area contributed by atoms with Crippen molar-refractivity contribution in [3.05, 3.63) is 54.6 Å². The van der Waals surface area contributed by atoms with Crippen LogP contribution in [0, 0.1) is 17.8 Å². The maximum atomic E-state index is 12.3. The summed E-state index contributed by atoms with van der Waals surface area (Å²) in [4.78, 5) is 12.3. The molecule has 0 spiro atoms. The Morgan fingerprint density at radius 3 is 2.05 bits per heavy atom. The third kappa shape index (κ3) is 2.54. The Balaban J connectivity index is 1.42. The Morgan fingerprint density at radius 2 is 1.41 bits per heavy atom. The van der Waals surface area contributed by atoms with Gasteiger partial charge < -0.3 is 4.74 Å². The van der Waals surface area contributed by atoms with Crippen molar-refractivity contribution >= 4 is 5.97 Å². The lowest BCUT2D eigenvalue weighted by atomic mass is 10.0. The van der Waals surface area contributed by atoms with Crippen molar-refractivity contribution in [2.45, 2.75) is 25.7 Å². The first-order chi connectivity index (χ1) is 10.8. The van der Waals surface area contributed by atoms with Gasteiger partial charge in [0, 0.05) is 0 Å². The van der Waals surface area contributed by atoms with Crippen LogP contribution in [0.1, 0.15) is 25.7 Å². The summed E-state index contributed by atoms with van der Waals surface area (Å²) in [5.41, 5.74) is 2.31. The highest BCUT2D eigenvalue weighted by atomic mass is 16.5. The predicted molar refractivity (Wildman–Crippen MR) is 86.5 cm³/mol. The first-order valence-corrected chi connectivity index (χ1v) is 8.20. The predicted octanol–water partition coefficient (Wildman–Crippen LogP) is 4.70. The monoisotopic (exact) mass is 292 g/mol. The van der Waals surface area contributed by atoms with E-state index in [1.54, 1.807) is 0 Å². The third-order valence-electron chi connectivity index (χ3n) is 5.11. The van der Waals surface area contributed by atoms with Crippen LogP contribution in [0.3, 0.4) is 0 Å². The maximum absolute atomic E-state index is 12.3. The first kappa shape index (κ1) is 13.6. The summed E-state index contributed by atoms with van der Waals surface area (Å²) < 4.78 is 5.58. The van der Waals surface area contributed by atoms with Crippen LogP contribution in [0.2, 0.25) is 0 Å². The Kier molecular flexibility index (Phi) is 3.45. The van der Waals surface area contributed by atoms with E-state index in [0.29, 0.717) is 17.6 Å². The van der Waals surface area contributed by atoms with E-state index in [1.165, 1.54) is 31.2 Å². The van der Waals surface area contributed by atoms with Crippen LogP contribution in [0.15, 0.2) is 54.6 Å². The molecule has 2 aromatic carbocycles. The largest absolute Gasteiger partial charge is 0.426 e. The van der Waals surface area contributed by atoms with Crippen molar-refractivity contribution in [1.82, 2.24) is 0 Å². The molecule has 112 valence electrons.